The number of pyridine rings is 1. The second-order valence-electron chi connectivity index (χ2n) is 6.08. The second-order valence-corrected chi connectivity index (χ2v) is 6.08. The molecule has 0 bridgehead atoms. The third-order valence-electron chi connectivity index (χ3n) is 4.49. The molecule has 0 atom stereocenters. The number of aliphatic hydroxyl groups excluding tert-OH is 1. The van der Waals surface area contributed by atoms with E-state index >= 15 is 0 Å². The quantitative estimate of drug-likeness (QED) is 0.772. The first-order chi connectivity index (χ1) is 11.7. The van der Waals surface area contributed by atoms with Gasteiger partial charge in [0.05, 0.1) is 5.52 Å². The number of para-hydroxylation sites is 1. The fourth-order valence-corrected chi connectivity index (χ4v) is 3.24. The molecule has 0 amide bonds. The third-order valence-corrected chi connectivity index (χ3v) is 4.49. The first-order valence-electron chi connectivity index (χ1n) is 7.95. The molecular weight excluding hydrogens is 304 g/mol. The van der Waals surface area contributed by atoms with Crippen LogP contribution in [-0.4, -0.2) is 26.2 Å². The van der Waals surface area contributed by atoms with Gasteiger partial charge in [0.25, 0.3) is 5.56 Å². The lowest BCUT2D eigenvalue weighted by atomic mass is 10.0. The molecule has 1 aliphatic heterocycles. The molecule has 24 heavy (non-hydrogen) atoms. The van der Waals surface area contributed by atoms with E-state index < -0.39 is 0 Å². The monoisotopic (exact) mass is 322 g/mol. The Kier molecular flexibility index (Phi) is 3.54. The molecule has 122 valence electrons. The Morgan fingerprint density at radius 2 is 2.04 bits per heavy atom. The van der Waals surface area contributed by atoms with Gasteiger partial charge in [-0.1, -0.05) is 12.1 Å². The van der Waals surface area contributed by atoms with Crippen LogP contribution in [0.5, 0.6) is 0 Å². The van der Waals surface area contributed by atoms with E-state index in [0.29, 0.717) is 12.4 Å². The number of aromatic nitrogens is 3. The van der Waals surface area contributed by atoms with Crippen molar-refractivity contribution in [2.45, 2.75) is 19.6 Å². The maximum atomic E-state index is 11.8. The van der Waals surface area contributed by atoms with Gasteiger partial charge < -0.3 is 14.6 Å². The minimum Gasteiger partial charge on any atom is -0.388 e. The van der Waals surface area contributed by atoms with Crippen molar-refractivity contribution >= 4 is 16.7 Å². The van der Waals surface area contributed by atoms with Crippen LogP contribution in [0, 0.1) is 0 Å². The number of aliphatic hydroxyl groups is 1. The SMILES string of the molecule is Cn1cc2c(cc1=O)CCN(c1nc(CO)nc3ccccc13)C2. The lowest BCUT2D eigenvalue weighted by Gasteiger charge is -2.30. The smallest absolute Gasteiger partial charge is 0.250 e. The molecule has 0 radical (unpaired) electrons. The maximum Gasteiger partial charge on any atom is 0.250 e. The average Bonchev–Trinajstić information content (AvgIpc) is 2.61. The Labute approximate surface area is 139 Å². The van der Waals surface area contributed by atoms with Crippen molar-refractivity contribution in [3.8, 4) is 0 Å². The van der Waals surface area contributed by atoms with Gasteiger partial charge in [-0.25, -0.2) is 9.97 Å². The van der Waals surface area contributed by atoms with Crippen LogP contribution in [0.25, 0.3) is 10.9 Å². The number of fused-ring (bicyclic) bond motifs is 2. The lowest BCUT2D eigenvalue weighted by Crippen LogP contribution is -2.33. The third kappa shape index (κ3) is 2.45. The molecule has 4 rings (SSSR count). The van der Waals surface area contributed by atoms with Crippen molar-refractivity contribution in [3.05, 3.63) is 63.8 Å². The van der Waals surface area contributed by atoms with Gasteiger partial charge in [-0.3, -0.25) is 4.79 Å². The van der Waals surface area contributed by atoms with Crippen molar-refractivity contribution in [2.75, 3.05) is 11.4 Å². The number of hydrogen-bond donors (Lipinski definition) is 1. The number of benzene rings is 1. The van der Waals surface area contributed by atoms with Gasteiger partial charge >= 0.3 is 0 Å². The molecule has 1 N–H and O–H groups in total. The Balaban J connectivity index is 1.81. The second kappa shape index (κ2) is 5.72. The maximum absolute atomic E-state index is 11.8. The highest BCUT2D eigenvalue weighted by Crippen LogP contribution is 2.28. The van der Waals surface area contributed by atoms with Crippen molar-refractivity contribution in [1.29, 1.82) is 0 Å². The van der Waals surface area contributed by atoms with E-state index in [1.165, 1.54) is 0 Å². The highest BCUT2D eigenvalue weighted by atomic mass is 16.3. The predicted molar refractivity (Wildman–Crippen MR) is 91.9 cm³/mol. The molecular formula is C18H18N4O2. The fraction of sp³-hybridized carbons (Fsp3) is 0.278. The lowest BCUT2D eigenvalue weighted by molar-refractivity contribution is 0.272. The summed E-state index contributed by atoms with van der Waals surface area (Å²) in [6.45, 7) is 1.29. The molecule has 1 aliphatic rings. The highest BCUT2D eigenvalue weighted by molar-refractivity contribution is 5.89. The number of rotatable bonds is 2. The zero-order valence-electron chi connectivity index (χ0n) is 13.4. The first kappa shape index (κ1) is 14.8. The van der Waals surface area contributed by atoms with Crippen LogP contribution in [0.2, 0.25) is 0 Å². The van der Waals surface area contributed by atoms with Crippen molar-refractivity contribution in [1.82, 2.24) is 14.5 Å². The summed E-state index contributed by atoms with van der Waals surface area (Å²) in [7, 11) is 1.77. The van der Waals surface area contributed by atoms with Gasteiger partial charge in [0, 0.05) is 37.8 Å². The van der Waals surface area contributed by atoms with Crippen molar-refractivity contribution < 1.29 is 5.11 Å². The van der Waals surface area contributed by atoms with E-state index in [4.69, 9.17) is 0 Å². The van der Waals surface area contributed by atoms with E-state index in [1.807, 2.05) is 30.5 Å². The summed E-state index contributed by atoms with van der Waals surface area (Å²) in [5.74, 6) is 1.26. The van der Waals surface area contributed by atoms with E-state index in [9.17, 15) is 9.90 Å². The van der Waals surface area contributed by atoms with Gasteiger partial charge in [0.1, 0.15) is 12.4 Å². The average molecular weight is 322 g/mol. The largest absolute Gasteiger partial charge is 0.388 e. The Morgan fingerprint density at radius 3 is 2.88 bits per heavy atom. The summed E-state index contributed by atoms with van der Waals surface area (Å²) in [5.41, 5.74) is 3.10. The van der Waals surface area contributed by atoms with E-state index in [1.54, 1.807) is 17.7 Å². The molecule has 3 heterocycles. The van der Waals surface area contributed by atoms with Crippen LogP contribution in [-0.2, 0) is 26.6 Å². The minimum absolute atomic E-state index is 0.0252. The Bertz CT molecular complexity index is 980. The molecule has 0 fully saturated rings. The summed E-state index contributed by atoms with van der Waals surface area (Å²) in [6.07, 6.45) is 2.71. The summed E-state index contributed by atoms with van der Waals surface area (Å²) in [4.78, 5) is 22.9. The molecule has 1 aromatic carbocycles. The molecule has 6 nitrogen and oxygen atoms in total. The van der Waals surface area contributed by atoms with E-state index in [-0.39, 0.29) is 12.2 Å². The van der Waals surface area contributed by atoms with Crippen molar-refractivity contribution in [3.63, 3.8) is 0 Å². The van der Waals surface area contributed by atoms with Gasteiger partial charge in [-0.05, 0) is 29.7 Å². The summed E-state index contributed by atoms with van der Waals surface area (Å²) in [6, 6.07) is 9.56. The molecule has 0 aliphatic carbocycles. The topological polar surface area (TPSA) is 71.2 Å². The summed E-state index contributed by atoms with van der Waals surface area (Å²) >= 11 is 0. The van der Waals surface area contributed by atoms with Crippen LogP contribution in [0.4, 0.5) is 5.82 Å². The van der Waals surface area contributed by atoms with E-state index in [2.05, 4.69) is 14.9 Å². The van der Waals surface area contributed by atoms with Crippen LogP contribution < -0.4 is 10.5 Å². The number of nitrogens with zero attached hydrogens (tertiary/aromatic N) is 4. The Morgan fingerprint density at radius 1 is 1.21 bits per heavy atom. The zero-order chi connectivity index (χ0) is 16.7. The number of anilines is 1. The molecule has 3 aromatic rings. The van der Waals surface area contributed by atoms with E-state index in [0.717, 1.165) is 40.8 Å². The van der Waals surface area contributed by atoms with Crippen molar-refractivity contribution in [2.24, 2.45) is 7.05 Å². The fourth-order valence-electron chi connectivity index (χ4n) is 3.24. The van der Waals surface area contributed by atoms with Crippen LogP contribution in [0.3, 0.4) is 0 Å². The zero-order valence-corrected chi connectivity index (χ0v) is 13.4. The van der Waals surface area contributed by atoms with Crippen LogP contribution in [0.15, 0.2) is 41.3 Å². The Hall–Kier alpha value is -2.73. The van der Waals surface area contributed by atoms with Crippen LogP contribution in [0.1, 0.15) is 17.0 Å². The van der Waals surface area contributed by atoms with Gasteiger partial charge in [-0.15, -0.1) is 0 Å². The highest BCUT2D eigenvalue weighted by Gasteiger charge is 2.21. The van der Waals surface area contributed by atoms with Crippen LogP contribution >= 0.6 is 0 Å². The van der Waals surface area contributed by atoms with Gasteiger partial charge in [0.15, 0.2) is 5.82 Å². The van der Waals surface area contributed by atoms with Gasteiger partial charge in [-0.2, -0.15) is 0 Å². The molecule has 0 spiro atoms. The standard InChI is InChI=1S/C18H18N4O2/c1-21-9-13-10-22(7-6-12(13)8-17(21)24)18-14-4-2-3-5-15(14)19-16(11-23)20-18/h2-5,8-9,23H,6-7,10-11H2,1H3. The summed E-state index contributed by atoms with van der Waals surface area (Å²) < 4.78 is 1.61. The normalized spacial score (nSPS) is 14.0. The molecule has 6 heteroatoms. The summed E-state index contributed by atoms with van der Waals surface area (Å²) in [5, 5.41) is 10.4. The minimum atomic E-state index is -0.184. The molecule has 0 unspecified atom stereocenters. The van der Waals surface area contributed by atoms with Gasteiger partial charge in [0.2, 0.25) is 0 Å². The first-order valence-corrected chi connectivity index (χ1v) is 7.95. The molecule has 0 saturated carbocycles. The number of aryl methyl sites for hydroxylation is 1. The molecule has 2 aromatic heterocycles. The molecule has 0 saturated heterocycles. The predicted octanol–water partition coefficient (Wildman–Crippen LogP) is 1.38. The number of hydrogen-bond acceptors (Lipinski definition) is 5.